The van der Waals surface area contributed by atoms with E-state index in [1.165, 1.54) is 18.6 Å². The van der Waals surface area contributed by atoms with Crippen molar-refractivity contribution in [3.05, 3.63) is 0 Å². The first-order valence-electron chi connectivity index (χ1n) is 7.23. The van der Waals surface area contributed by atoms with Crippen molar-refractivity contribution < 1.29 is 9.59 Å². The third-order valence-corrected chi connectivity index (χ3v) is 5.42. The molecule has 0 aromatic rings. The monoisotopic (exact) mass is 284 g/mol. The lowest BCUT2D eigenvalue weighted by atomic mass is 9.98. The molecule has 2 fully saturated rings. The smallest absolute Gasteiger partial charge is 0.246 e. The van der Waals surface area contributed by atoms with Gasteiger partial charge < -0.3 is 10.2 Å². The zero-order chi connectivity index (χ0) is 14.0. The summed E-state index contributed by atoms with van der Waals surface area (Å²) in [5, 5.41) is 3.34. The van der Waals surface area contributed by atoms with E-state index in [4.69, 9.17) is 0 Å². The molecule has 1 N–H and O–H groups in total. The SMILES string of the molecule is CC(C)C1NC(=O)C(C)N(CC2CCCCS2)C1=O. The standard InChI is InChI=1S/C14H24N2O2S/c1-9(2)12-14(18)16(10(3)13(17)15-12)8-11-6-4-5-7-19-11/h9-12H,4-8H2,1-3H3,(H,15,17). The van der Waals surface area contributed by atoms with Crippen molar-refractivity contribution in [2.24, 2.45) is 5.92 Å². The number of amides is 2. The van der Waals surface area contributed by atoms with Crippen LogP contribution in [0.1, 0.15) is 40.0 Å². The van der Waals surface area contributed by atoms with Crippen molar-refractivity contribution >= 4 is 23.6 Å². The van der Waals surface area contributed by atoms with E-state index in [2.05, 4.69) is 5.32 Å². The van der Waals surface area contributed by atoms with E-state index in [-0.39, 0.29) is 29.8 Å². The fraction of sp³-hybridized carbons (Fsp3) is 0.857. The molecule has 3 unspecified atom stereocenters. The van der Waals surface area contributed by atoms with E-state index in [9.17, 15) is 9.59 Å². The molecule has 5 heteroatoms. The van der Waals surface area contributed by atoms with Crippen molar-refractivity contribution in [3.63, 3.8) is 0 Å². The molecule has 0 aromatic carbocycles. The van der Waals surface area contributed by atoms with Crippen molar-refractivity contribution in [2.75, 3.05) is 12.3 Å². The number of rotatable bonds is 3. The number of carbonyl (C=O) groups excluding carboxylic acids is 2. The van der Waals surface area contributed by atoms with Crippen LogP contribution in [0.25, 0.3) is 0 Å². The zero-order valence-electron chi connectivity index (χ0n) is 12.0. The average Bonchev–Trinajstić information content (AvgIpc) is 2.40. The highest BCUT2D eigenvalue weighted by atomic mass is 32.2. The summed E-state index contributed by atoms with van der Waals surface area (Å²) in [4.78, 5) is 26.3. The van der Waals surface area contributed by atoms with Gasteiger partial charge >= 0.3 is 0 Å². The molecule has 4 nitrogen and oxygen atoms in total. The topological polar surface area (TPSA) is 49.4 Å². The largest absolute Gasteiger partial charge is 0.342 e. The zero-order valence-corrected chi connectivity index (χ0v) is 12.8. The molecular weight excluding hydrogens is 260 g/mol. The first-order valence-corrected chi connectivity index (χ1v) is 8.28. The lowest BCUT2D eigenvalue weighted by Gasteiger charge is -2.40. The molecule has 2 rings (SSSR count). The summed E-state index contributed by atoms with van der Waals surface area (Å²) < 4.78 is 0. The van der Waals surface area contributed by atoms with Crippen LogP contribution >= 0.6 is 11.8 Å². The molecule has 19 heavy (non-hydrogen) atoms. The highest BCUT2D eigenvalue weighted by Crippen LogP contribution is 2.27. The fourth-order valence-corrected chi connectivity index (χ4v) is 4.02. The lowest BCUT2D eigenvalue weighted by molar-refractivity contribution is -0.149. The molecule has 108 valence electrons. The number of thioether (sulfide) groups is 1. The van der Waals surface area contributed by atoms with Crippen LogP contribution in [-0.4, -0.2) is 46.3 Å². The summed E-state index contributed by atoms with van der Waals surface area (Å²) in [7, 11) is 0. The molecule has 3 atom stereocenters. The van der Waals surface area contributed by atoms with Crippen LogP contribution in [0.2, 0.25) is 0 Å². The van der Waals surface area contributed by atoms with Gasteiger partial charge in [-0.05, 0) is 31.4 Å². The molecule has 0 bridgehead atoms. The van der Waals surface area contributed by atoms with Crippen LogP contribution in [0.4, 0.5) is 0 Å². The second-order valence-electron chi connectivity index (χ2n) is 5.89. The maximum atomic E-state index is 12.5. The number of nitrogens with zero attached hydrogens (tertiary/aromatic N) is 1. The first kappa shape index (κ1) is 14.7. The van der Waals surface area contributed by atoms with Gasteiger partial charge in [0.2, 0.25) is 11.8 Å². The van der Waals surface area contributed by atoms with Crippen molar-refractivity contribution in [3.8, 4) is 0 Å². The van der Waals surface area contributed by atoms with Gasteiger partial charge in [-0.15, -0.1) is 0 Å². The van der Waals surface area contributed by atoms with E-state index in [0.717, 1.165) is 13.0 Å². The van der Waals surface area contributed by atoms with Crippen molar-refractivity contribution in [1.82, 2.24) is 10.2 Å². The van der Waals surface area contributed by atoms with E-state index in [1.807, 2.05) is 32.5 Å². The van der Waals surface area contributed by atoms with Gasteiger partial charge in [0.05, 0.1) is 0 Å². The Hall–Kier alpha value is -0.710. The summed E-state index contributed by atoms with van der Waals surface area (Å²) in [6.07, 6.45) is 3.68. The van der Waals surface area contributed by atoms with Gasteiger partial charge in [-0.1, -0.05) is 20.3 Å². The Morgan fingerprint density at radius 1 is 1.37 bits per heavy atom. The molecule has 0 aromatic heterocycles. The highest BCUT2D eigenvalue weighted by Gasteiger charge is 2.40. The van der Waals surface area contributed by atoms with E-state index >= 15 is 0 Å². The third kappa shape index (κ3) is 3.25. The number of hydrogen-bond acceptors (Lipinski definition) is 3. The van der Waals surface area contributed by atoms with Crippen molar-refractivity contribution in [1.29, 1.82) is 0 Å². The Labute approximate surface area is 119 Å². The Bertz CT molecular complexity index is 353. The maximum Gasteiger partial charge on any atom is 0.246 e. The minimum absolute atomic E-state index is 0.0147. The van der Waals surface area contributed by atoms with Crippen LogP contribution in [-0.2, 0) is 9.59 Å². The molecular formula is C14H24N2O2S. The van der Waals surface area contributed by atoms with E-state index in [1.54, 1.807) is 4.90 Å². The number of hydrogen-bond donors (Lipinski definition) is 1. The fourth-order valence-electron chi connectivity index (χ4n) is 2.72. The minimum Gasteiger partial charge on any atom is -0.342 e. The number of piperazine rings is 1. The summed E-state index contributed by atoms with van der Waals surface area (Å²) >= 11 is 1.95. The van der Waals surface area contributed by atoms with Gasteiger partial charge in [0.25, 0.3) is 0 Å². The average molecular weight is 284 g/mol. The summed E-state index contributed by atoms with van der Waals surface area (Å²) in [5.41, 5.74) is 0. The van der Waals surface area contributed by atoms with Gasteiger partial charge in [0.1, 0.15) is 12.1 Å². The third-order valence-electron chi connectivity index (χ3n) is 4.03. The lowest BCUT2D eigenvalue weighted by Crippen LogP contribution is -2.64. The Morgan fingerprint density at radius 2 is 2.11 bits per heavy atom. The normalized spacial score (nSPS) is 32.6. The quantitative estimate of drug-likeness (QED) is 0.857. The molecule has 2 amide bonds. The Balaban J connectivity index is 2.06. The molecule has 2 aliphatic heterocycles. The summed E-state index contributed by atoms with van der Waals surface area (Å²) in [6.45, 7) is 6.51. The van der Waals surface area contributed by atoms with Crippen LogP contribution in [0, 0.1) is 5.92 Å². The van der Waals surface area contributed by atoms with Gasteiger partial charge in [0.15, 0.2) is 0 Å². The second-order valence-corrected chi connectivity index (χ2v) is 7.29. The van der Waals surface area contributed by atoms with Gasteiger partial charge in [-0.25, -0.2) is 0 Å². The summed E-state index contributed by atoms with van der Waals surface area (Å²) in [5.74, 6) is 1.40. The van der Waals surface area contributed by atoms with E-state index in [0.29, 0.717) is 5.25 Å². The van der Waals surface area contributed by atoms with Gasteiger partial charge in [-0.3, -0.25) is 9.59 Å². The Kier molecular flexibility index (Phi) is 4.76. The van der Waals surface area contributed by atoms with Gasteiger partial charge in [-0.2, -0.15) is 11.8 Å². The molecule has 0 aliphatic carbocycles. The summed E-state index contributed by atoms with van der Waals surface area (Å²) in [6, 6.07) is -0.678. The molecule has 0 saturated carbocycles. The maximum absolute atomic E-state index is 12.5. The van der Waals surface area contributed by atoms with Crippen LogP contribution < -0.4 is 5.32 Å². The number of carbonyl (C=O) groups is 2. The van der Waals surface area contributed by atoms with Crippen LogP contribution in [0.15, 0.2) is 0 Å². The second kappa shape index (κ2) is 6.16. The highest BCUT2D eigenvalue weighted by molar-refractivity contribution is 7.99. The predicted molar refractivity (Wildman–Crippen MR) is 78.0 cm³/mol. The molecule has 2 aliphatic rings. The van der Waals surface area contributed by atoms with Crippen molar-refractivity contribution in [2.45, 2.75) is 57.4 Å². The first-order chi connectivity index (χ1) is 9.00. The van der Waals surface area contributed by atoms with Gasteiger partial charge in [0, 0.05) is 11.8 Å². The molecule has 0 radical (unpaired) electrons. The molecule has 0 spiro atoms. The van der Waals surface area contributed by atoms with Crippen LogP contribution in [0.5, 0.6) is 0 Å². The minimum atomic E-state index is -0.350. The predicted octanol–water partition coefficient (Wildman–Crippen LogP) is 1.64. The number of nitrogens with one attached hydrogen (secondary N) is 1. The van der Waals surface area contributed by atoms with Crippen LogP contribution in [0.3, 0.4) is 0 Å². The van der Waals surface area contributed by atoms with E-state index < -0.39 is 0 Å². The molecule has 2 heterocycles. The molecule has 2 saturated heterocycles. The Morgan fingerprint density at radius 3 is 2.68 bits per heavy atom.